The van der Waals surface area contributed by atoms with Crippen molar-refractivity contribution in [3.63, 3.8) is 0 Å². The van der Waals surface area contributed by atoms with Gasteiger partial charge in [0.2, 0.25) is 6.41 Å². The van der Waals surface area contributed by atoms with Crippen LogP contribution in [0.25, 0.3) is 0 Å². The standard InChI is InChI=1S/C22H25FN2O2/c1-4-27-21-8-6-5-7-16(21)14(2)17-11-18(15-9-10-15)20(23)12-19(17)22(24-3)25-13-26/h5-8,11-15H,4,9-10H2,1-3H3,(H,24,25,26). The summed E-state index contributed by atoms with van der Waals surface area (Å²) in [7, 11) is 1.58. The number of aliphatic imine (C=N–C) groups is 1. The third-order valence-corrected chi connectivity index (χ3v) is 5.01. The van der Waals surface area contributed by atoms with Crippen molar-refractivity contribution in [3.05, 3.63) is 64.5 Å². The Morgan fingerprint density at radius 3 is 2.70 bits per heavy atom. The quantitative estimate of drug-likeness (QED) is 0.448. The lowest BCUT2D eigenvalue weighted by atomic mass is 9.86. The van der Waals surface area contributed by atoms with Crippen LogP contribution >= 0.6 is 0 Å². The van der Waals surface area contributed by atoms with Gasteiger partial charge in [-0.1, -0.05) is 31.2 Å². The van der Waals surface area contributed by atoms with E-state index in [0.717, 1.165) is 35.3 Å². The molecule has 1 aliphatic carbocycles. The highest BCUT2D eigenvalue weighted by Crippen LogP contribution is 2.44. The van der Waals surface area contributed by atoms with Gasteiger partial charge in [-0.05, 0) is 48.9 Å². The lowest BCUT2D eigenvalue weighted by molar-refractivity contribution is -0.108. The number of amidine groups is 1. The van der Waals surface area contributed by atoms with E-state index in [0.29, 0.717) is 24.4 Å². The highest BCUT2D eigenvalue weighted by Gasteiger charge is 2.29. The van der Waals surface area contributed by atoms with Crippen LogP contribution in [0.2, 0.25) is 0 Å². The van der Waals surface area contributed by atoms with Crippen LogP contribution in [0.5, 0.6) is 5.75 Å². The second-order valence-corrected chi connectivity index (χ2v) is 6.76. The van der Waals surface area contributed by atoms with E-state index in [-0.39, 0.29) is 17.7 Å². The molecular formula is C22H25FN2O2. The van der Waals surface area contributed by atoms with Crippen molar-refractivity contribution in [2.75, 3.05) is 13.7 Å². The second-order valence-electron chi connectivity index (χ2n) is 6.76. The molecule has 1 N–H and O–H groups in total. The van der Waals surface area contributed by atoms with Crippen LogP contribution in [0.3, 0.4) is 0 Å². The van der Waals surface area contributed by atoms with Crippen LogP contribution in [-0.4, -0.2) is 25.9 Å². The normalized spacial score (nSPS) is 15.3. The van der Waals surface area contributed by atoms with Crippen molar-refractivity contribution in [2.45, 2.75) is 38.5 Å². The largest absolute Gasteiger partial charge is 0.494 e. The van der Waals surface area contributed by atoms with Crippen molar-refractivity contribution >= 4 is 12.2 Å². The summed E-state index contributed by atoms with van der Waals surface area (Å²) in [5, 5.41) is 2.60. The SMILES string of the molecule is CCOc1ccccc1C(C)c1cc(C2CC2)c(F)cc1C(=NC)NC=O. The summed E-state index contributed by atoms with van der Waals surface area (Å²) < 4.78 is 20.5. The Kier molecular flexibility index (Phi) is 5.89. The number of carbonyl (C=O) groups excluding carboxylic acids is 1. The zero-order chi connectivity index (χ0) is 19.4. The smallest absolute Gasteiger partial charge is 0.212 e. The molecule has 27 heavy (non-hydrogen) atoms. The van der Waals surface area contributed by atoms with E-state index in [9.17, 15) is 9.18 Å². The molecule has 1 atom stereocenters. The summed E-state index contributed by atoms with van der Waals surface area (Å²) in [4.78, 5) is 15.2. The second kappa shape index (κ2) is 8.33. The van der Waals surface area contributed by atoms with Crippen LogP contribution < -0.4 is 10.1 Å². The summed E-state index contributed by atoms with van der Waals surface area (Å²) in [5.74, 6) is 1.17. The van der Waals surface area contributed by atoms with Crippen LogP contribution in [0.1, 0.15) is 60.8 Å². The molecule has 1 saturated carbocycles. The number of nitrogens with one attached hydrogen (secondary N) is 1. The first-order chi connectivity index (χ1) is 13.1. The fourth-order valence-corrected chi connectivity index (χ4v) is 3.49. The van der Waals surface area contributed by atoms with Gasteiger partial charge < -0.3 is 10.1 Å². The maximum absolute atomic E-state index is 14.7. The molecule has 0 bridgehead atoms. The Labute approximate surface area is 159 Å². The van der Waals surface area contributed by atoms with E-state index in [1.807, 2.05) is 37.3 Å². The van der Waals surface area contributed by atoms with Gasteiger partial charge in [0.25, 0.3) is 0 Å². The van der Waals surface area contributed by atoms with Gasteiger partial charge in [-0.2, -0.15) is 0 Å². The predicted octanol–water partition coefficient (Wildman–Crippen LogP) is 4.38. The Balaban J connectivity index is 2.14. The Morgan fingerprint density at radius 1 is 1.33 bits per heavy atom. The molecule has 0 aromatic heterocycles. The molecular weight excluding hydrogens is 343 g/mol. The molecule has 2 aromatic rings. The number of ether oxygens (including phenoxy) is 1. The first-order valence-electron chi connectivity index (χ1n) is 9.33. The van der Waals surface area contributed by atoms with Gasteiger partial charge in [0, 0.05) is 24.1 Å². The van der Waals surface area contributed by atoms with Gasteiger partial charge >= 0.3 is 0 Å². The summed E-state index contributed by atoms with van der Waals surface area (Å²) in [6.07, 6.45) is 2.60. The predicted molar refractivity (Wildman–Crippen MR) is 105 cm³/mol. The molecule has 4 nitrogen and oxygen atoms in total. The maximum Gasteiger partial charge on any atom is 0.212 e. The molecule has 5 heteroatoms. The third kappa shape index (κ3) is 4.02. The molecule has 1 aliphatic rings. The summed E-state index contributed by atoms with van der Waals surface area (Å²) in [5.41, 5.74) is 3.30. The molecule has 0 aliphatic heterocycles. The average molecular weight is 368 g/mol. The molecule has 0 spiro atoms. The Hall–Kier alpha value is -2.69. The summed E-state index contributed by atoms with van der Waals surface area (Å²) in [6.45, 7) is 4.59. The van der Waals surface area contributed by atoms with Crippen LogP contribution in [0, 0.1) is 5.82 Å². The molecule has 2 aromatic carbocycles. The van der Waals surface area contributed by atoms with Gasteiger partial charge in [-0.25, -0.2) is 4.39 Å². The van der Waals surface area contributed by atoms with E-state index >= 15 is 0 Å². The molecule has 0 radical (unpaired) electrons. The molecule has 0 heterocycles. The lowest BCUT2D eigenvalue weighted by Gasteiger charge is -2.22. The molecule has 0 saturated heterocycles. The minimum absolute atomic E-state index is 0.0500. The van der Waals surface area contributed by atoms with Crippen LogP contribution in [-0.2, 0) is 4.79 Å². The number of amides is 1. The van der Waals surface area contributed by atoms with E-state index in [4.69, 9.17) is 4.74 Å². The molecule has 1 unspecified atom stereocenters. The van der Waals surface area contributed by atoms with E-state index < -0.39 is 0 Å². The minimum atomic E-state index is -0.240. The number of carbonyl (C=O) groups is 1. The molecule has 1 amide bonds. The van der Waals surface area contributed by atoms with Gasteiger partial charge in [0.05, 0.1) is 6.61 Å². The number of rotatable bonds is 7. The monoisotopic (exact) mass is 368 g/mol. The van der Waals surface area contributed by atoms with Crippen molar-refractivity contribution in [2.24, 2.45) is 4.99 Å². The third-order valence-electron chi connectivity index (χ3n) is 5.01. The van der Waals surface area contributed by atoms with Crippen LogP contribution in [0.4, 0.5) is 4.39 Å². The fourth-order valence-electron chi connectivity index (χ4n) is 3.49. The van der Waals surface area contributed by atoms with Gasteiger partial charge in [-0.15, -0.1) is 0 Å². The van der Waals surface area contributed by atoms with Crippen molar-refractivity contribution < 1.29 is 13.9 Å². The zero-order valence-corrected chi connectivity index (χ0v) is 16.0. The van der Waals surface area contributed by atoms with Crippen molar-refractivity contribution in [3.8, 4) is 5.75 Å². The first kappa shape index (κ1) is 19.1. The zero-order valence-electron chi connectivity index (χ0n) is 16.0. The van der Waals surface area contributed by atoms with Crippen LogP contribution in [0.15, 0.2) is 41.4 Å². The topological polar surface area (TPSA) is 50.7 Å². The number of benzene rings is 2. The average Bonchev–Trinajstić information content (AvgIpc) is 3.51. The van der Waals surface area contributed by atoms with Crippen molar-refractivity contribution in [1.29, 1.82) is 0 Å². The molecule has 142 valence electrons. The van der Waals surface area contributed by atoms with E-state index in [1.54, 1.807) is 7.05 Å². The number of hydrogen-bond acceptors (Lipinski definition) is 3. The van der Waals surface area contributed by atoms with Gasteiger partial charge in [0.1, 0.15) is 17.4 Å². The number of nitrogens with zero attached hydrogens (tertiary/aromatic N) is 1. The van der Waals surface area contributed by atoms with Crippen molar-refractivity contribution in [1.82, 2.24) is 5.32 Å². The highest BCUT2D eigenvalue weighted by atomic mass is 19.1. The van der Waals surface area contributed by atoms with E-state index in [1.165, 1.54) is 6.07 Å². The Morgan fingerprint density at radius 2 is 2.07 bits per heavy atom. The summed E-state index contributed by atoms with van der Waals surface area (Å²) >= 11 is 0. The number of para-hydroxylation sites is 1. The maximum atomic E-state index is 14.7. The lowest BCUT2D eigenvalue weighted by Crippen LogP contribution is -2.25. The minimum Gasteiger partial charge on any atom is -0.494 e. The highest BCUT2D eigenvalue weighted by molar-refractivity contribution is 6.05. The van der Waals surface area contributed by atoms with Gasteiger partial charge in [-0.3, -0.25) is 9.79 Å². The first-order valence-corrected chi connectivity index (χ1v) is 9.33. The van der Waals surface area contributed by atoms with Gasteiger partial charge in [0.15, 0.2) is 0 Å². The molecule has 1 fully saturated rings. The van der Waals surface area contributed by atoms with E-state index in [2.05, 4.69) is 17.2 Å². The fraction of sp³-hybridized carbons (Fsp3) is 0.364. The summed E-state index contributed by atoms with van der Waals surface area (Å²) in [6, 6.07) is 11.3. The number of hydrogen-bond donors (Lipinski definition) is 1. The molecule has 3 rings (SSSR count). The number of halogens is 1. The Bertz CT molecular complexity index is 859.